The van der Waals surface area contributed by atoms with Crippen molar-refractivity contribution in [2.45, 2.75) is 50.4 Å². The minimum Gasteiger partial charge on any atom is -0.481 e. The zero-order valence-corrected chi connectivity index (χ0v) is 16.8. The molecule has 4 rings (SSSR count). The largest absolute Gasteiger partial charge is 0.481 e. The van der Waals surface area contributed by atoms with Crippen molar-refractivity contribution in [3.05, 3.63) is 71.4 Å². The summed E-state index contributed by atoms with van der Waals surface area (Å²) in [6.45, 7) is 0. The minimum absolute atomic E-state index is 0.0356. The Bertz CT molecular complexity index is 1030. The van der Waals surface area contributed by atoms with Crippen LogP contribution in [0.3, 0.4) is 0 Å². The zero-order chi connectivity index (χ0) is 20.4. The van der Waals surface area contributed by atoms with E-state index in [9.17, 15) is 14.7 Å². The first kappa shape index (κ1) is 19.4. The molecule has 0 radical (unpaired) electrons. The molecule has 1 fully saturated rings. The molecule has 0 amide bonds. The Labute approximate surface area is 171 Å². The van der Waals surface area contributed by atoms with E-state index >= 15 is 0 Å². The number of fused-ring (bicyclic) bond motifs is 1. The predicted octanol–water partition coefficient (Wildman–Crippen LogP) is 5.67. The summed E-state index contributed by atoms with van der Waals surface area (Å²) in [5.41, 5.74) is 3.56. The molecule has 0 bridgehead atoms. The van der Waals surface area contributed by atoms with Gasteiger partial charge in [0.05, 0.1) is 5.92 Å². The van der Waals surface area contributed by atoms with Crippen LogP contribution in [0.2, 0.25) is 0 Å². The number of carboxylic acid groups (broad SMARTS) is 1. The number of Topliss-reactive ketones (excluding diaryl/α,β-unsaturated/α-hetero) is 1. The highest BCUT2D eigenvalue weighted by atomic mass is 16.4. The van der Waals surface area contributed by atoms with Crippen molar-refractivity contribution in [2.24, 2.45) is 7.05 Å². The van der Waals surface area contributed by atoms with Crippen molar-refractivity contribution in [3.63, 3.8) is 0 Å². The fourth-order valence-corrected chi connectivity index (χ4v) is 4.66. The topological polar surface area (TPSA) is 59.3 Å². The average Bonchev–Trinajstić information content (AvgIpc) is 3.09. The Morgan fingerprint density at radius 3 is 2.41 bits per heavy atom. The fraction of sp³-hybridized carbons (Fsp3) is 0.360. The van der Waals surface area contributed by atoms with Crippen molar-refractivity contribution >= 4 is 22.7 Å². The molecule has 0 aliphatic heterocycles. The van der Waals surface area contributed by atoms with Crippen LogP contribution < -0.4 is 0 Å². The van der Waals surface area contributed by atoms with Crippen molar-refractivity contribution in [2.75, 3.05) is 0 Å². The molecule has 1 saturated carbocycles. The van der Waals surface area contributed by atoms with Gasteiger partial charge in [0.25, 0.3) is 0 Å². The van der Waals surface area contributed by atoms with Crippen molar-refractivity contribution in [1.82, 2.24) is 4.57 Å². The molecule has 1 heterocycles. The summed E-state index contributed by atoms with van der Waals surface area (Å²) in [5.74, 6) is -1.35. The lowest BCUT2D eigenvalue weighted by Gasteiger charge is -2.22. The third kappa shape index (κ3) is 3.98. The standard InChI is InChI=1S/C25H27NO3/c1-26-16-22(20-9-5-6-10-23(20)26)21(25(28)29)15-24(27)19-13-11-18(12-14-19)17-7-3-2-4-8-17/h5-6,9-14,16-17,21H,2-4,7-8,15H2,1H3,(H,28,29)/t21-/m0/s1. The molecule has 2 aromatic carbocycles. The lowest BCUT2D eigenvalue weighted by Crippen LogP contribution is -2.16. The molecule has 1 atom stereocenters. The maximum atomic E-state index is 12.9. The van der Waals surface area contributed by atoms with Crippen molar-refractivity contribution < 1.29 is 14.7 Å². The van der Waals surface area contributed by atoms with Gasteiger partial charge in [0.15, 0.2) is 5.78 Å². The van der Waals surface area contributed by atoms with Gasteiger partial charge < -0.3 is 9.67 Å². The molecule has 0 unspecified atom stereocenters. The normalized spacial score (nSPS) is 16.0. The number of carboxylic acids is 1. The Morgan fingerprint density at radius 2 is 1.72 bits per heavy atom. The van der Waals surface area contributed by atoms with Gasteiger partial charge in [-0.15, -0.1) is 0 Å². The lowest BCUT2D eigenvalue weighted by molar-refractivity contribution is -0.138. The molecule has 3 aromatic rings. The van der Waals surface area contributed by atoms with Crippen LogP contribution in [0.1, 0.15) is 71.8 Å². The second-order valence-corrected chi connectivity index (χ2v) is 8.19. The maximum absolute atomic E-state index is 12.9. The molecule has 1 aromatic heterocycles. The predicted molar refractivity (Wildman–Crippen MR) is 115 cm³/mol. The van der Waals surface area contributed by atoms with Gasteiger partial charge in [-0.25, -0.2) is 0 Å². The number of hydrogen-bond acceptors (Lipinski definition) is 2. The van der Waals surface area contributed by atoms with Gasteiger partial charge >= 0.3 is 5.97 Å². The van der Waals surface area contributed by atoms with Crippen LogP contribution in [-0.2, 0) is 11.8 Å². The first-order valence-electron chi connectivity index (χ1n) is 10.4. The highest BCUT2D eigenvalue weighted by molar-refractivity contribution is 6.00. The number of nitrogens with zero attached hydrogens (tertiary/aromatic N) is 1. The summed E-state index contributed by atoms with van der Waals surface area (Å²) < 4.78 is 1.92. The Balaban J connectivity index is 1.55. The number of aliphatic carboxylic acids is 1. The first-order chi connectivity index (χ1) is 14.0. The van der Waals surface area contributed by atoms with Crippen LogP contribution in [0, 0.1) is 0 Å². The summed E-state index contributed by atoms with van der Waals surface area (Å²) in [5, 5.41) is 10.7. The lowest BCUT2D eigenvalue weighted by atomic mass is 9.83. The molecule has 150 valence electrons. The molecule has 4 nitrogen and oxygen atoms in total. The van der Waals surface area contributed by atoms with E-state index in [1.807, 2.05) is 54.2 Å². The number of para-hydroxylation sites is 1. The molecule has 29 heavy (non-hydrogen) atoms. The quantitative estimate of drug-likeness (QED) is 0.553. The number of aryl methyl sites for hydroxylation is 1. The fourth-order valence-electron chi connectivity index (χ4n) is 4.66. The SMILES string of the molecule is Cn1cc([C@H](CC(=O)c2ccc(C3CCCCC3)cc2)C(=O)O)c2ccccc21. The van der Waals surface area contributed by atoms with Gasteiger partial charge in [0, 0.05) is 36.1 Å². The number of carbonyl (C=O) groups excluding carboxylic acids is 1. The number of ketones is 1. The molecular weight excluding hydrogens is 362 g/mol. The Morgan fingerprint density at radius 1 is 1.03 bits per heavy atom. The Hall–Kier alpha value is -2.88. The molecule has 1 aliphatic carbocycles. The molecule has 0 spiro atoms. The van der Waals surface area contributed by atoms with Crippen LogP contribution in [0.5, 0.6) is 0 Å². The highest BCUT2D eigenvalue weighted by Crippen LogP contribution is 2.33. The summed E-state index contributed by atoms with van der Waals surface area (Å²) >= 11 is 0. The van der Waals surface area contributed by atoms with Gasteiger partial charge in [-0.2, -0.15) is 0 Å². The van der Waals surface area contributed by atoms with E-state index in [1.54, 1.807) is 0 Å². The van der Waals surface area contributed by atoms with E-state index in [-0.39, 0.29) is 12.2 Å². The average molecular weight is 389 g/mol. The number of carbonyl (C=O) groups is 2. The number of benzene rings is 2. The third-order valence-electron chi connectivity index (χ3n) is 6.30. The van der Waals surface area contributed by atoms with Crippen molar-refractivity contribution in [3.8, 4) is 0 Å². The third-order valence-corrected chi connectivity index (χ3v) is 6.30. The van der Waals surface area contributed by atoms with Gasteiger partial charge in [0.1, 0.15) is 0 Å². The van der Waals surface area contributed by atoms with Gasteiger partial charge in [-0.3, -0.25) is 9.59 Å². The molecule has 1 N–H and O–H groups in total. The first-order valence-corrected chi connectivity index (χ1v) is 10.4. The van der Waals surface area contributed by atoms with E-state index in [0.717, 1.165) is 10.9 Å². The van der Waals surface area contributed by atoms with Crippen LogP contribution in [0.4, 0.5) is 0 Å². The second-order valence-electron chi connectivity index (χ2n) is 8.19. The summed E-state index contributed by atoms with van der Waals surface area (Å²) in [6, 6.07) is 15.6. The van der Waals surface area contributed by atoms with Gasteiger partial charge in [-0.05, 0) is 36.0 Å². The van der Waals surface area contributed by atoms with Crippen LogP contribution in [0.15, 0.2) is 54.7 Å². The highest BCUT2D eigenvalue weighted by Gasteiger charge is 2.27. The smallest absolute Gasteiger partial charge is 0.311 e. The van der Waals surface area contributed by atoms with E-state index in [0.29, 0.717) is 17.0 Å². The van der Waals surface area contributed by atoms with Gasteiger partial charge in [-0.1, -0.05) is 61.7 Å². The van der Waals surface area contributed by atoms with E-state index < -0.39 is 11.9 Å². The molecule has 0 saturated heterocycles. The van der Waals surface area contributed by atoms with E-state index in [2.05, 4.69) is 12.1 Å². The monoisotopic (exact) mass is 389 g/mol. The van der Waals surface area contributed by atoms with Crippen LogP contribution in [0.25, 0.3) is 10.9 Å². The summed E-state index contributed by atoms with van der Waals surface area (Å²) in [7, 11) is 1.90. The maximum Gasteiger partial charge on any atom is 0.311 e. The summed E-state index contributed by atoms with van der Waals surface area (Å²) in [6.07, 6.45) is 8.10. The molecule has 1 aliphatic rings. The van der Waals surface area contributed by atoms with E-state index in [4.69, 9.17) is 0 Å². The number of rotatable bonds is 6. The minimum atomic E-state index is -0.964. The van der Waals surface area contributed by atoms with Crippen LogP contribution >= 0.6 is 0 Å². The summed E-state index contributed by atoms with van der Waals surface area (Å²) in [4.78, 5) is 24.9. The van der Waals surface area contributed by atoms with Crippen LogP contribution in [-0.4, -0.2) is 21.4 Å². The van der Waals surface area contributed by atoms with Crippen molar-refractivity contribution in [1.29, 1.82) is 0 Å². The second kappa shape index (κ2) is 8.24. The molecule has 4 heteroatoms. The number of aromatic nitrogens is 1. The van der Waals surface area contributed by atoms with Gasteiger partial charge in [0.2, 0.25) is 0 Å². The number of hydrogen-bond donors (Lipinski definition) is 1. The molecular formula is C25H27NO3. The zero-order valence-electron chi connectivity index (χ0n) is 16.8. The Kier molecular flexibility index (Phi) is 5.52. The van der Waals surface area contributed by atoms with E-state index in [1.165, 1.54) is 37.7 Å².